The molecule has 96 valence electrons. The molecule has 0 saturated carbocycles. The van der Waals surface area contributed by atoms with Crippen LogP contribution < -0.4 is 11.5 Å². The van der Waals surface area contributed by atoms with Crippen molar-refractivity contribution in [2.24, 2.45) is 11.5 Å². The van der Waals surface area contributed by atoms with Crippen molar-refractivity contribution < 1.29 is 9.90 Å². The maximum Gasteiger partial charge on any atom is 0.237 e. The Morgan fingerprint density at radius 1 is 1.50 bits per heavy atom. The number of nitrogens with two attached hydrogens (primary N) is 2. The van der Waals surface area contributed by atoms with Crippen molar-refractivity contribution in [2.45, 2.75) is 50.3 Å². The highest BCUT2D eigenvalue weighted by molar-refractivity contribution is 7.99. The molecule has 16 heavy (non-hydrogen) atoms. The van der Waals surface area contributed by atoms with E-state index in [-0.39, 0.29) is 6.61 Å². The Bertz CT molecular complexity index is 210. The van der Waals surface area contributed by atoms with E-state index in [2.05, 4.69) is 6.92 Å². The van der Waals surface area contributed by atoms with E-state index in [9.17, 15) is 4.79 Å². The maximum atomic E-state index is 10.9. The van der Waals surface area contributed by atoms with Crippen molar-refractivity contribution in [1.29, 1.82) is 0 Å². The van der Waals surface area contributed by atoms with Crippen molar-refractivity contribution in [3.05, 3.63) is 0 Å². The lowest BCUT2D eigenvalue weighted by atomic mass is 9.96. The molecule has 1 amide bonds. The molecule has 0 aliphatic carbocycles. The smallest absolute Gasteiger partial charge is 0.237 e. The van der Waals surface area contributed by atoms with Gasteiger partial charge in [0.15, 0.2) is 0 Å². The van der Waals surface area contributed by atoms with Crippen LogP contribution in [0, 0.1) is 0 Å². The summed E-state index contributed by atoms with van der Waals surface area (Å²) in [4.78, 5) is 10.9. The third kappa shape index (κ3) is 7.09. The van der Waals surface area contributed by atoms with Gasteiger partial charge in [-0.2, -0.15) is 11.8 Å². The largest absolute Gasteiger partial charge is 0.396 e. The molecule has 0 bridgehead atoms. The number of unbranched alkanes of at least 4 members (excludes halogenated alkanes) is 1. The topological polar surface area (TPSA) is 89.3 Å². The van der Waals surface area contributed by atoms with Gasteiger partial charge < -0.3 is 16.6 Å². The SMILES string of the molecule is CC(CCO)SCCCCC(C)(N)C(N)=O. The summed E-state index contributed by atoms with van der Waals surface area (Å²) < 4.78 is 0. The van der Waals surface area contributed by atoms with Crippen LogP contribution in [0.2, 0.25) is 0 Å². The summed E-state index contributed by atoms with van der Waals surface area (Å²) in [5, 5.41) is 9.22. The van der Waals surface area contributed by atoms with Gasteiger partial charge in [0, 0.05) is 11.9 Å². The zero-order chi connectivity index (χ0) is 12.6. The van der Waals surface area contributed by atoms with E-state index in [1.807, 2.05) is 11.8 Å². The lowest BCUT2D eigenvalue weighted by molar-refractivity contribution is -0.122. The summed E-state index contributed by atoms with van der Waals surface area (Å²) in [5.74, 6) is 0.601. The summed E-state index contributed by atoms with van der Waals surface area (Å²) in [6.07, 6.45) is 3.41. The van der Waals surface area contributed by atoms with Crippen LogP contribution in [0.15, 0.2) is 0 Å². The van der Waals surface area contributed by atoms with Crippen molar-refractivity contribution in [1.82, 2.24) is 0 Å². The van der Waals surface area contributed by atoms with Crippen LogP contribution in [0.1, 0.15) is 39.5 Å². The van der Waals surface area contributed by atoms with E-state index < -0.39 is 11.4 Å². The van der Waals surface area contributed by atoms with Crippen molar-refractivity contribution in [3.8, 4) is 0 Å². The molecule has 0 aromatic rings. The molecule has 2 atom stereocenters. The minimum Gasteiger partial charge on any atom is -0.396 e. The monoisotopic (exact) mass is 248 g/mol. The van der Waals surface area contributed by atoms with E-state index in [0.717, 1.165) is 25.0 Å². The van der Waals surface area contributed by atoms with Gasteiger partial charge in [-0.1, -0.05) is 13.3 Å². The highest BCUT2D eigenvalue weighted by Crippen LogP contribution is 2.17. The summed E-state index contributed by atoms with van der Waals surface area (Å²) in [7, 11) is 0. The van der Waals surface area contributed by atoms with E-state index in [1.54, 1.807) is 6.92 Å². The fourth-order valence-corrected chi connectivity index (χ4v) is 2.31. The Hall–Kier alpha value is -0.260. The van der Waals surface area contributed by atoms with Crippen molar-refractivity contribution in [2.75, 3.05) is 12.4 Å². The van der Waals surface area contributed by atoms with E-state index in [0.29, 0.717) is 11.7 Å². The molecular formula is C11H24N2O2S. The van der Waals surface area contributed by atoms with Crippen LogP contribution in [-0.4, -0.2) is 34.2 Å². The molecule has 2 unspecified atom stereocenters. The molecule has 0 heterocycles. The van der Waals surface area contributed by atoms with E-state index in [1.165, 1.54) is 0 Å². The first kappa shape index (κ1) is 15.7. The lowest BCUT2D eigenvalue weighted by Crippen LogP contribution is -2.49. The van der Waals surface area contributed by atoms with Gasteiger partial charge in [-0.05, 0) is 31.9 Å². The Morgan fingerprint density at radius 3 is 2.62 bits per heavy atom. The van der Waals surface area contributed by atoms with E-state index >= 15 is 0 Å². The fourth-order valence-electron chi connectivity index (χ4n) is 1.27. The lowest BCUT2D eigenvalue weighted by Gasteiger charge is -2.20. The summed E-state index contributed by atoms with van der Waals surface area (Å²) >= 11 is 1.84. The molecule has 0 rings (SSSR count). The van der Waals surface area contributed by atoms with Gasteiger partial charge in [0.25, 0.3) is 0 Å². The number of thioether (sulfide) groups is 1. The Morgan fingerprint density at radius 2 is 2.12 bits per heavy atom. The highest BCUT2D eigenvalue weighted by atomic mass is 32.2. The molecule has 5 N–H and O–H groups in total. The number of carbonyl (C=O) groups is 1. The standard InChI is InChI=1S/C11H24N2O2S/c1-9(5-7-14)16-8-4-3-6-11(2,13)10(12)15/h9,14H,3-8,13H2,1-2H3,(H2,12,15). The molecule has 0 radical (unpaired) electrons. The van der Waals surface area contributed by atoms with Crippen LogP contribution in [-0.2, 0) is 4.79 Å². The van der Waals surface area contributed by atoms with Gasteiger partial charge in [0.2, 0.25) is 5.91 Å². The van der Waals surface area contributed by atoms with Crippen molar-refractivity contribution in [3.63, 3.8) is 0 Å². The molecule has 0 spiro atoms. The first-order chi connectivity index (χ1) is 7.40. The predicted octanol–water partition coefficient (Wildman–Crippen LogP) is 0.864. The average Bonchev–Trinajstić information content (AvgIpc) is 2.17. The quantitative estimate of drug-likeness (QED) is 0.528. The average molecular weight is 248 g/mol. The van der Waals surface area contributed by atoms with E-state index in [4.69, 9.17) is 16.6 Å². The molecule has 0 fully saturated rings. The fraction of sp³-hybridized carbons (Fsp3) is 0.909. The second kappa shape index (κ2) is 7.92. The molecular weight excluding hydrogens is 224 g/mol. The number of aliphatic hydroxyl groups is 1. The number of primary amides is 1. The number of rotatable bonds is 9. The van der Waals surface area contributed by atoms with Crippen LogP contribution >= 0.6 is 11.8 Å². The van der Waals surface area contributed by atoms with Gasteiger partial charge in [-0.25, -0.2) is 0 Å². The minimum absolute atomic E-state index is 0.247. The molecule has 0 aliphatic heterocycles. The summed E-state index contributed by atoms with van der Waals surface area (Å²) in [5.41, 5.74) is 10.0. The van der Waals surface area contributed by atoms with Gasteiger partial charge >= 0.3 is 0 Å². The van der Waals surface area contributed by atoms with Gasteiger partial charge in [0.1, 0.15) is 0 Å². The number of aliphatic hydroxyl groups excluding tert-OH is 1. The third-order valence-electron chi connectivity index (χ3n) is 2.59. The second-order valence-electron chi connectivity index (χ2n) is 4.43. The molecule has 4 nitrogen and oxygen atoms in total. The highest BCUT2D eigenvalue weighted by Gasteiger charge is 2.24. The van der Waals surface area contributed by atoms with Crippen molar-refractivity contribution >= 4 is 17.7 Å². The summed E-state index contributed by atoms with van der Waals surface area (Å²) in [6, 6.07) is 0. The Balaban J connectivity index is 3.50. The van der Waals surface area contributed by atoms with Crippen LogP contribution in [0.4, 0.5) is 0 Å². The molecule has 0 aromatic carbocycles. The zero-order valence-corrected chi connectivity index (χ0v) is 11.1. The van der Waals surface area contributed by atoms with Gasteiger partial charge in [-0.15, -0.1) is 0 Å². The second-order valence-corrected chi connectivity index (χ2v) is 5.98. The van der Waals surface area contributed by atoms with Crippen LogP contribution in [0.5, 0.6) is 0 Å². The Kier molecular flexibility index (Phi) is 7.80. The summed E-state index contributed by atoms with van der Waals surface area (Å²) in [6.45, 7) is 4.03. The first-order valence-electron chi connectivity index (χ1n) is 5.71. The minimum atomic E-state index is -0.874. The number of amides is 1. The van der Waals surface area contributed by atoms with Crippen LogP contribution in [0.3, 0.4) is 0 Å². The van der Waals surface area contributed by atoms with Gasteiger partial charge in [-0.3, -0.25) is 4.79 Å². The van der Waals surface area contributed by atoms with Crippen LogP contribution in [0.25, 0.3) is 0 Å². The number of hydrogen-bond acceptors (Lipinski definition) is 4. The Labute approximate surface area is 102 Å². The van der Waals surface area contributed by atoms with Gasteiger partial charge in [0.05, 0.1) is 5.54 Å². The molecule has 0 aliphatic rings. The molecule has 5 heteroatoms. The molecule has 0 saturated heterocycles. The third-order valence-corrected chi connectivity index (χ3v) is 3.92. The number of hydrogen-bond donors (Lipinski definition) is 3. The molecule has 0 aromatic heterocycles. The predicted molar refractivity (Wildman–Crippen MR) is 69.3 cm³/mol. The normalized spacial score (nSPS) is 16.8. The zero-order valence-electron chi connectivity index (χ0n) is 10.2. The first-order valence-corrected chi connectivity index (χ1v) is 6.76. The maximum absolute atomic E-state index is 10.9. The number of carbonyl (C=O) groups excluding carboxylic acids is 1.